The number of carbonyl (C=O) groups is 1. The number of carbonyl (C=O) groups excluding carboxylic acids is 1. The predicted molar refractivity (Wildman–Crippen MR) is 99.3 cm³/mol. The molecule has 5 heteroatoms. The van der Waals surface area contributed by atoms with Crippen molar-refractivity contribution in [3.05, 3.63) is 58.7 Å². The summed E-state index contributed by atoms with van der Waals surface area (Å²) in [7, 11) is 0. The van der Waals surface area contributed by atoms with Crippen molar-refractivity contribution < 1.29 is 14.6 Å². The Morgan fingerprint density at radius 2 is 1.88 bits per heavy atom. The minimum atomic E-state index is -0.361. The standard InChI is InChI=1S/C20H24N2O3/c1-13(2)17-7-5-15(4)10-19(17)25-12-20(24)22-21-11-16-9-14(3)6-8-18(16)23/h5-11,13,23H,12H2,1-4H3,(H,22,24). The molecule has 132 valence electrons. The number of aryl methyl sites for hydroxylation is 2. The Morgan fingerprint density at radius 3 is 2.60 bits per heavy atom. The Kier molecular flexibility index (Phi) is 6.17. The van der Waals surface area contributed by atoms with Gasteiger partial charge in [-0.05, 0) is 49.1 Å². The number of hydrogen-bond acceptors (Lipinski definition) is 4. The molecule has 0 spiro atoms. The Bertz CT molecular complexity index is 783. The summed E-state index contributed by atoms with van der Waals surface area (Å²) in [6.45, 7) is 7.93. The van der Waals surface area contributed by atoms with E-state index >= 15 is 0 Å². The number of hydrogen-bond donors (Lipinski definition) is 2. The van der Waals surface area contributed by atoms with E-state index in [0.717, 1.165) is 16.7 Å². The van der Waals surface area contributed by atoms with E-state index in [1.54, 1.807) is 18.2 Å². The van der Waals surface area contributed by atoms with Crippen LogP contribution < -0.4 is 10.2 Å². The largest absolute Gasteiger partial charge is 0.507 e. The number of ether oxygens (including phenoxy) is 1. The van der Waals surface area contributed by atoms with Gasteiger partial charge in [-0.1, -0.05) is 37.6 Å². The molecule has 0 aromatic heterocycles. The second kappa shape index (κ2) is 8.33. The van der Waals surface area contributed by atoms with Crippen LogP contribution in [0.3, 0.4) is 0 Å². The quantitative estimate of drug-likeness (QED) is 0.623. The normalized spacial score (nSPS) is 11.1. The number of amides is 1. The number of hydrazone groups is 1. The molecule has 0 saturated heterocycles. The molecule has 25 heavy (non-hydrogen) atoms. The molecular weight excluding hydrogens is 316 g/mol. The minimum absolute atomic E-state index is 0.112. The van der Waals surface area contributed by atoms with Crippen LogP contribution in [-0.4, -0.2) is 23.8 Å². The zero-order valence-corrected chi connectivity index (χ0v) is 15.0. The monoisotopic (exact) mass is 340 g/mol. The van der Waals surface area contributed by atoms with Gasteiger partial charge in [0.25, 0.3) is 5.91 Å². The van der Waals surface area contributed by atoms with Crippen LogP contribution in [0.4, 0.5) is 0 Å². The van der Waals surface area contributed by atoms with Crippen LogP contribution in [0.25, 0.3) is 0 Å². The van der Waals surface area contributed by atoms with Crippen LogP contribution in [0.15, 0.2) is 41.5 Å². The van der Waals surface area contributed by atoms with E-state index in [-0.39, 0.29) is 18.3 Å². The maximum atomic E-state index is 11.9. The Labute approximate surface area is 148 Å². The van der Waals surface area contributed by atoms with Crippen molar-refractivity contribution in [3.63, 3.8) is 0 Å². The summed E-state index contributed by atoms with van der Waals surface area (Å²) in [4.78, 5) is 11.9. The number of benzene rings is 2. The third-order valence-electron chi connectivity index (χ3n) is 3.73. The highest BCUT2D eigenvalue weighted by molar-refractivity contribution is 5.85. The fraction of sp³-hybridized carbons (Fsp3) is 0.300. The van der Waals surface area contributed by atoms with Gasteiger partial charge in [0.15, 0.2) is 6.61 Å². The molecule has 0 aliphatic carbocycles. The van der Waals surface area contributed by atoms with Crippen LogP contribution >= 0.6 is 0 Å². The van der Waals surface area contributed by atoms with Crippen LogP contribution in [0.1, 0.15) is 42.0 Å². The van der Waals surface area contributed by atoms with E-state index < -0.39 is 0 Å². The van der Waals surface area contributed by atoms with Crippen molar-refractivity contribution in [2.75, 3.05) is 6.61 Å². The van der Waals surface area contributed by atoms with Crippen LogP contribution in [0.2, 0.25) is 0 Å². The van der Waals surface area contributed by atoms with Crippen molar-refractivity contribution in [2.24, 2.45) is 5.10 Å². The molecule has 0 saturated carbocycles. The molecule has 1 amide bonds. The third-order valence-corrected chi connectivity index (χ3v) is 3.73. The fourth-order valence-corrected chi connectivity index (χ4v) is 2.37. The number of nitrogens with zero attached hydrogens (tertiary/aromatic N) is 1. The maximum absolute atomic E-state index is 11.9. The average Bonchev–Trinajstić information content (AvgIpc) is 2.56. The molecule has 5 nitrogen and oxygen atoms in total. The van der Waals surface area contributed by atoms with Crippen molar-refractivity contribution in [1.82, 2.24) is 5.43 Å². The first-order valence-corrected chi connectivity index (χ1v) is 8.21. The predicted octanol–water partition coefficient (Wildman–Crippen LogP) is 3.66. The Morgan fingerprint density at radius 1 is 1.20 bits per heavy atom. The van der Waals surface area contributed by atoms with Gasteiger partial charge in [-0.2, -0.15) is 5.10 Å². The molecular formula is C20H24N2O3. The van der Waals surface area contributed by atoms with Gasteiger partial charge in [-0.15, -0.1) is 0 Å². The van der Waals surface area contributed by atoms with Crippen molar-refractivity contribution in [3.8, 4) is 11.5 Å². The Balaban J connectivity index is 1.94. The summed E-state index contributed by atoms with van der Waals surface area (Å²) < 4.78 is 5.65. The average molecular weight is 340 g/mol. The summed E-state index contributed by atoms with van der Waals surface area (Å²) >= 11 is 0. The van der Waals surface area contributed by atoms with Crippen molar-refractivity contribution in [2.45, 2.75) is 33.6 Å². The lowest BCUT2D eigenvalue weighted by molar-refractivity contribution is -0.123. The molecule has 0 atom stereocenters. The highest BCUT2D eigenvalue weighted by Crippen LogP contribution is 2.27. The molecule has 2 aromatic carbocycles. The molecule has 0 radical (unpaired) electrons. The van der Waals surface area contributed by atoms with E-state index in [0.29, 0.717) is 17.2 Å². The molecule has 0 heterocycles. The zero-order chi connectivity index (χ0) is 18.4. The maximum Gasteiger partial charge on any atom is 0.277 e. The topological polar surface area (TPSA) is 70.9 Å². The number of rotatable bonds is 6. The minimum Gasteiger partial charge on any atom is -0.507 e. The first kappa shape index (κ1) is 18.5. The highest BCUT2D eigenvalue weighted by atomic mass is 16.5. The molecule has 0 aliphatic heterocycles. The SMILES string of the molecule is Cc1ccc(O)c(C=NNC(=O)COc2cc(C)ccc2C(C)C)c1. The van der Waals surface area contributed by atoms with Gasteiger partial charge in [0.05, 0.1) is 6.21 Å². The summed E-state index contributed by atoms with van der Waals surface area (Å²) in [6.07, 6.45) is 1.41. The summed E-state index contributed by atoms with van der Waals surface area (Å²) in [6, 6.07) is 11.1. The van der Waals surface area contributed by atoms with Gasteiger partial charge in [-0.3, -0.25) is 4.79 Å². The van der Waals surface area contributed by atoms with Gasteiger partial charge in [0.1, 0.15) is 11.5 Å². The summed E-state index contributed by atoms with van der Waals surface area (Å²) in [5.74, 6) is 0.771. The van der Waals surface area contributed by atoms with Gasteiger partial charge < -0.3 is 9.84 Å². The number of nitrogens with one attached hydrogen (secondary N) is 1. The summed E-state index contributed by atoms with van der Waals surface area (Å²) in [5.41, 5.74) is 6.08. The van der Waals surface area contributed by atoms with Gasteiger partial charge in [-0.25, -0.2) is 5.43 Å². The molecule has 0 fully saturated rings. The molecule has 2 aromatic rings. The van der Waals surface area contributed by atoms with Gasteiger partial charge in [0, 0.05) is 5.56 Å². The first-order chi connectivity index (χ1) is 11.9. The van der Waals surface area contributed by atoms with E-state index in [9.17, 15) is 9.90 Å². The fourth-order valence-electron chi connectivity index (χ4n) is 2.37. The first-order valence-electron chi connectivity index (χ1n) is 8.21. The van der Waals surface area contributed by atoms with E-state index in [2.05, 4.69) is 24.4 Å². The number of phenols is 1. The summed E-state index contributed by atoms with van der Waals surface area (Å²) in [5, 5.41) is 13.6. The lowest BCUT2D eigenvalue weighted by Crippen LogP contribution is -2.25. The van der Waals surface area contributed by atoms with Gasteiger partial charge >= 0.3 is 0 Å². The molecule has 2 rings (SSSR count). The second-order valence-electron chi connectivity index (χ2n) is 6.34. The smallest absolute Gasteiger partial charge is 0.277 e. The highest BCUT2D eigenvalue weighted by Gasteiger charge is 2.10. The lowest BCUT2D eigenvalue weighted by Gasteiger charge is -2.14. The van der Waals surface area contributed by atoms with E-state index in [1.807, 2.05) is 32.0 Å². The van der Waals surface area contributed by atoms with Crippen LogP contribution in [-0.2, 0) is 4.79 Å². The molecule has 2 N–H and O–H groups in total. The molecule has 0 unspecified atom stereocenters. The number of phenolic OH excluding ortho intramolecular Hbond substituents is 1. The van der Waals surface area contributed by atoms with E-state index in [4.69, 9.17) is 4.74 Å². The van der Waals surface area contributed by atoms with E-state index in [1.165, 1.54) is 6.21 Å². The van der Waals surface area contributed by atoms with Gasteiger partial charge in [0.2, 0.25) is 0 Å². The lowest BCUT2D eigenvalue weighted by atomic mass is 10.0. The molecule has 0 bridgehead atoms. The zero-order valence-electron chi connectivity index (χ0n) is 15.0. The third kappa shape index (κ3) is 5.35. The second-order valence-corrected chi connectivity index (χ2v) is 6.34. The van der Waals surface area contributed by atoms with Crippen molar-refractivity contribution >= 4 is 12.1 Å². The molecule has 0 aliphatic rings. The number of aromatic hydroxyl groups is 1. The van der Waals surface area contributed by atoms with Crippen LogP contribution in [0.5, 0.6) is 11.5 Å². The Hall–Kier alpha value is -2.82. The van der Waals surface area contributed by atoms with Crippen LogP contribution in [0, 0.1) is 13.8 Å². The van der Waals surface area contributed by atoms with Crippen molar-refractivity contribution in [1.29, 1.82) is 0 Å².